The van der Waals surface area contributed by atoms with Crippen molar-refractivity contribution >= 4 is 0 Å². The van der Waals surface area contributed by atoms with Crippen LogP contribution < -0.4 is 5.32 Å². The summed E-state index contributed by atoms with van der Waals surface area (Å²) in [5.74, 6) is 1.65. The van der Waals surface area contributed by atoms with Crippen LogP contribution in [0.1, 0.15) is 50.7 Å². The molecule has 0 saturated heterocycles. The van der Waals surface area contributed by atoms with Gasteiger partial charge in [0.15, 0.2) is 0 Å². The Bertz CT molecular complexity index is 355. The van der Waals surface area contributed by atoms with Gasteiger partial charge in [0.1, 0.15) is 17.1 Å². The summed E-state index contributed by atoms with van der Waals surface area (Å²) in [6, 6.07) is 2.35. The number of aliphatic hydroxyl groups is 1. The third kappa shape index (κ3) is 3.86. The minimum Gasteiger partial charge on any atom is -0.466 e. The maximum Gasteiger partial charge on any atom is 0.107 e. The zero-order valence-electron chi connectivity index (χ0n) is 11.6. The van der Waals surface area contributed by atoms with E-state index in [1.807, 2.05) is 26.8 Å². The molecule has 0 spiro atoms. The SMILES string of the molecule is CCCC(C)NCC(C)(O)c1cc(C)oc1C. The highest BCUT2D eigenvalue weighted by molar-refractivity contribution is 5.26. The maximum absolute atomic E-state index is 10.5. The lowest BCUT2D eigenvalue weighted by Gasteiger charge is -2.25. The van der Waals surface area contributed by atoms with Crippen molar-refractivity contribution in [2.24, 2.45) is 0 Å². The Balaban J connectivity index is 2.65. The molecule has 2 atom stereocenters. The summed E-state index contributed by atoms with van der Waals surface area (Å²) in [5, 5.41) is 13.8. The first-order valence-corrected chi connectivity index (χ1v) is 6.40. The topological polar surface area (TPSA) is 45.4 Å². The summed E-state index contributed by atoms with van der Waals surface area (Å²) in [6.45, 7) is 10.5. The summed E-state index contributed by atoms with van der Waals surface area (Å²) in [4.78, 5) is 0. The van der Waals surface area contributed by atoms with E-state index in [4.69, 9.17) is 4.42 Å². The number of rotatable bonds is 6. The second-order valence-electron chi connectivity index (χ2n) is 5.17. The van der Waals surface area contributed by atoms with E-state index < -0.39 is 5.60 Å². The fraction of sp³-hybridized carbons (Fsp3) is 0.714. The lowest BCUT2D eigenvalue weighted by atomic mass is 9.95. The number of hydrogen-bond acceptors (Lipinski definition) is 3. The molecule has 2 N–H and O–H groups in total. The van der Waals surface area contributed by atoms with Crippen molar-refractivity contribution < 1.29 is 9.52 Å². The summed E-state index contributed by atoms with van der Waals surface area (Å²) < 4.78 is 5.47. The van der Waals surface area contributed by atoms with Crippen molar-refractivity contribution in [3.63, 3.8) is 0 Å². The Kier molecular flexibility index (Phi) is 4.78. The predicted octanol–water partition coefficient (Wildman–Crippen LogP) is 2.88. The van der Waals surface area contributed by atoms with E-state index in [0.29, 0.717) is 12.6 Å². The zero-order valence-corrected chi connectivity index (χ0v) is 11.6. The molecule has 1 aromatic heterocycles. The lowest BCUT2D eigenvalue weighted by Crippen LogP contribution is -2.39. The Morgan fingerprint density at radius 1 is 1.47 bits per heavy atom. The van der Waals surface area contributed by atoms with E-state index in [1.54, 1.807) is 0 Å². The molecule has 0 aliphatic carbocycles. The molecule has 0 aliphatic rings. The van der Waals surface area contributed by atoms with Gasteiger partial charge in [-0.2, -0.15) is 0 Å². The van der Waals surface area contributed by atoms with Crippen LogP contribution in [0.3, 0.4) is 0 Å². The standard InChI is InChI=1S/C14H25NO2/c1-6-7-10(2)15-9-14(5,16)13-8-11(3)17-12(13)4/h8,10,15-16H,6-7,9H2,1-5H3. The van der Waals surface area contributed by atoms with Crippen molar-refractivity contribution in [3.8, 4) is 0 Å². The fourth-order valence-electron chi connectivity index (χ4n) is 2.17. The molecule has 0 aromatic carbocycles. The average Bonchev–Trinajstić information content (AvgIpc) is 2.56. The van der Waals surface area contributed by atoms with Gasteiger partial charge in [-0.25, -0.2) is 0 Å². The minimum absolute atomic E-state index is 0.430. The van der Waals surface area contributed by atoms with Gasteiger partial charge in [-0.3, -0.25) is 0 Å². The number of nitrogens with one attached hydrogen (secondary N) is 1. The largest absolute Gasteiger partial charge is 0.466 e. The quantitative estimate of drug-likeness (QED) is 0.802. The third-order valence-electron chi connectivity index (χ3n) is 3.14. The van der Waals surface area contributed by atoms with Gasteiger partial charge in [0, 0.05) is 18.2 Å². The fourth-order valence-corrected chi connectivity index (χ4v) is 2.17. The van der Waals surface area contributed by atoms with Crippen LogP contribution in [0.25, 0.3) is 0 Å². The Labute approximate surface area is 104 Å². The van der Waals surface area contributed by atoms with Crippen molar-refractivity contribution in [3.05, 3.63) is 23.2 Å². The maximum atomic E-state index is 10.5. The number of furan rings is 1. The molecule has 0 amide bonds. The lowest BCUT2D eigenvalue weighted by molar-refractivity contribution is 0.0526. The van der Waals surface area contributed by atoms with Crippen molar-refractivity contribution in [1.29, 1.82) is 0 Å². The van der Waals surface area contributed by atoms with E-state index >= 15 is 0 Å². The van der Waals surface area contributed by atoms with Crippen LogP contribution in [0, 0.1) is 13.8 Å². The first kappa shape index (κ1) is 14.3. The van der Waals surface area contributed by atoms with Crippen molar-refractivity contribution in [2.45, 2.75) is 59.1 Å². The Hall–Kier alpha value is -0.800. The number of aryl methyl sites for hydroxylation is 2. The first-order chi connectivity index (χ1) is 7.86. The van der Waals surface area contributed by atoms with Gasteiger partial charge in [0.2, 0.25) is 0 Å². The highest BCUT2D eigenvalue weighted by Gasteiger charge is 2.27. The highest BCUT2D eigenvalue weighted by Crippen LogP contribution is 2.26. The summed E-state index contributed by atoms with van der Waals surface area (Å²) >= 11 is 0. The molecule has 0 bridgehead atoms. The van der Waals surface area contributed by atoms with Gasteiger partial charge in [-0.15, -0.1) is 0 Å². The van der Waals surface area contributed by atoms with E-state index in [9.17, 15) is 5.11 Å². The molecule has 0 saturated carbocycles. The molecule has 2 unspecified atom stereocenters. The zero-order chi connectivity index (χ0) is 13.1. The molecule has 1 aromatic rings. The molecule has 3 heteroatoms. The molecule has 0 fully saturated rings. The van der Waals surface area contributed by atoms with Crippen molar-refractivity contribution in [1.82, 2.24) is 5.32 Å². The van der Waals surface area contributed by atoms with Crippen molar-refractivity contribution in [2.75, 3.05) is 6.54 Å². The first-order valence-electron chi connectivity index (χ1n) is 6.40. The smallest absolute Gasteiger partial charge is 0.107 e. The molecule has 0 aliphatic heterocycles. The minimum atomic E-state index is -0.871. The monoisotopic (exact) mass is 239 g/mol. The van der Waals surface area contributed by atoms with Gasteiger partial charge in [-0.1, -0.05) is 13.3 Å². The van der Waals surface area contributed by atoms with Crippen LogP contribution in [-0.2, 0) is 5.60 Å². The third-order valence-corrected chi connectivity index (χ3v) is 3.14. The normalized spacial score (nSPS) is 16.8. The Morgan fingerprint density at radius 3 is 2.59 bits per heavy atom. The van der Waals surface area contributed by atoms with Gasteiger partial charge >= 0.3 is 0 Å². The molecule has 0 radical (unpaired) electrons. The van der Waals surface area contributed by atoms with Gasteiger partial charge in [-0.05, 0) is 40.2 Å². The summed E-state index contributed by atoms with van der Waals surface area (Å²) in [5.41, 5.74) is 0.00955. The van der Waals surface area contributed by atoms with Crippen LogP contribution in [0.5, 0.6) is 0 Å². The molecular weight excluding hydrogens is 214 g/mol. The number of hydrogen-bond donors (Lipinski definition) is 2. The molecule has 98 valence electrons. The molecular formula is C14H25NO2. The summed E-state index contributed by atoms with van der Waals surface area (Å²) in [6.07, 6.45) is 2.28. The van der Waals surface area contributed by atoms with Crippen LogP contribution in [0.4, 0.5) is 0 Å². The average molecular weight is 239 g/mol. The highest BCUT2D eigenvalue weighted by atomic mass is 16.3. The van der Waals surface area contributed by atoms with Crippen LogP contribution >= 0.6 is 0 Å². The van der Waals surface area contributed by atoms with Crippen LogP contribution in [0.15, 0.2) is 10.5 Å². The molecule has 17 heavy (non-hydrogen) atoms. The van der Waals surface area contributed by atoms with E-state index in [-0.39, 0.29) is 0 Å². The second kappa shape index (κ2) is 5.69. The van der Waals surface area contributed by atoms with E-state index in [2.05, 4.69) is 19.2 Å². The molecule has 1 rings (SSSR count). The van der Waals surface area contributed by atoms with Gasteiger partial charge in [0.25, 0.3) is 0 Å². The van der Waals surface area contributed by atoms with E-state index in [1.165, 1.54) is 0 Å². The molecule has 1 heterocycles. The van der Waals surface area contributed by atoms with Crippen LogP contribution in [0.2, 0.25) is 0 Å². The predicted molar refractivity (Wildman–Crippen MR) is 70.1 cm³/mol. The summed E-state index contributed by atoms with van der Waals surface area (Å²) in [7, 11) is 0. The van der Waals surface area contributed by atoms with Gasteiger partial charge < -0.3 is 14.8 Å². The van der Waals surface area contributed by atoms with E-state index in [0.717, 1.165) is 29.9 Å². The second-order valence-corrected chi connectivity index (χ2v) is 5.17. The Morgan fingerprint density at radius 2 is 2.12 bits per heavy atom. The van der Waals surface area contributed by atoms with Crippen LogP contribution in [-0.4, -0.2) is 17.7 Å². The molecule has 3 nitrogen and oxygen atoms in total. The van der Waals surface area contributed by atoms with Gasteiger partial charge in [0.05, 0.1) is 0 Å².